The van der Waals surface area contributed by atoms with Crippen molar-refractivity contribution in [2.24, 2.45) is 5.10 Å². The van der Waals surface area contributed by atoms with E-state index in [0.717, 1.165) is 21.2 Å². The number of nitrogens with zero attached hydrogens (tertiary/aromatic N) is 3. The van der Waals surface area contributed by atoms with Crippen molar-refractivity contribution >= 4 is 50.1 Å². The first-order chi connectivity index (χ1) is 14.1. The minimum atomic E-state index is -0.461. The first kappa shape index (κ1) is 18.4. The summed E-state index contributed by atoms with van der Waals surface area (Å²) in [6, 6.07) is 13.9. The third-order valence-electron chi connectivity index (χ3n) is 4.39. The number of terminal acetylenes is 1. The molecule has 2 heterocycles. The topological polar surface area (TPSA) is 89.5 Å². The number of para-hydroxylation sites is 1. The monoisotopic (exact) mass is 402 g/mol. The quantitative estimate of drug-likeness (QED) is 0.235. The number of hydrazone groups is 1. The molecule has 29 heavy (non-hydrogen) atoms. The molecule has 0 spiro atoms. The van der Waals surface area contributed by atoms with E-state index in [-0.39, 0.29) is 11.6 Å². The lowest BCUT2D eigenvalue weighted by atomic mass is 10.2. The molecule has 0 aliphatic rings. The van der Waals surface area contributed by atoms with Crippen molar-refractivity contribution in [1.82, 2.24) is 9.99 Å². The number of rotatable bonds is 5. The van der Waals surface area contributed by atoms with E-state index in [1.165, 1.54) is 23.5 Å². The molecule has 142 valence electrons. The van der Waals surface area contributed by atoms with Crippen LogP contribution in [-0.4, -0.2) is 21.6 Å². The Morgan fingerprint density at radius 3 is 2.93 bits per heavy atom. The molecular weight excluding hydrogens is 388 g/mol. The molecular formula is C21H14N4O3S. The van der Waals surface area contributed by atoms with E-state index in [0.29, 0.717) is 16.8 Å². The largest absolute Gasteiger partial charge is 0.335 e. The second-order valence-electron chi connectivity index (χ2n) is 6.22. The Kier molecular flexibility index (Phi) is 4.81. The van der Waals surface area contributed by atoms with Gasteiger partial charge in [-0.25, -0.2) is 5.43 Å². The summed E-state index contributed by atoms with van der Waals surface area (Å²) in [5.41, 5.74) is 4.33. The highest BCUT2D eigenvalue weighted by Gasteiger charge is 2.13. The normalized spacial score (nSPS) is 11.1. The number of carbonyl (C=O) groups is 1. The number of hydrogen-bond acceptors (Lipinski definition) is 5. The molecule has 1 N–H and O–H groups in total. The zero-order chi connectivity index (χ0) is 20.4. The van der Waals surface area contributed by atoms with Crippen molar-refractivity contribution in [3.8, 4) is 12.3 Å². The summed E-state index contributed by atoms with van der Waals surface area (Å²) in [5.74, 6) is 2.24. The first-order valence-corrected chi connectivity index (χ1v) is 9.41. The molecule has 0 saturated carbocycles. The van der Waals surface area contributed by atoms with Gasteiger partial charge in [-0.05, 0) is 18.2 Å². The summed E-state index contributed by atoms with van der Waals surface area (Å²) >= 11 is 1.25. The molecule has 1 amide bonds. The van der Waals surface area contributed by atoms with Gasteiger partial charge < -0.3 is 4.57 Å². The third kappa shape index (κ3) is 3.59. The summed E-state index contributed by atoms with van der Waals surface area (Å²) in [7, 11) is 0. The summed E-state index contributed by atoms with van der Waals surface area (Å²) < 4.78 is 2.74. The number of fused-ring (bicyclic) bond motifs is 2. The van der Waals surface area contributed by atoms with Crippen molar-refractivity contribution in [2.75, 3.05) is 0 Å². The third-order valence-corrected chi connectivity index (χ3v) is 5.50. The lowest BCUT2D eigenvalue weighted by Crippen LogP contribution is -2.16. The van der Waals surface area contributed by atoms with Crippen LogP contribution in [0, 0.1) is 22.5 Å². The van der Waals surface area contributed by atoms with Crippen LogP contribution in [0.2, 0.25) is 0 Å². The molecule has 0 bridgehead atoms. The van der Waals surface area contributed by atoms with Gasteiger partial charge in [0.15, 0.2) is 0 Å². The fraction of sp³-hybridized carbons (Fsp3) is 0.0476. The van der Waals surface area contributed by atoms with E-state index in [2.05, 4.69) is 16.4 Å². The maximum Gasteiger partial charge on any atom is 0.281 e. The molecule has 0 aliphatic carbocycles. The Morgan fingerprint density at radius 1 is 1.31 bits per heavy atom. The van der Waals surface area contributed by atoms with Crippen LogP contribution < -0.4 is 5.43 Å². The molecule has 7 nitrogen and oxygen atoms in total. The molecule has 4 rings (SSSR count). The number of thiophene rings is 1. The van der Waals surface area contributed by atoms with E-state index in [9.17, 15) is 14.9 Å². The van der Waals surface area contributed by atoms with Gasteiger partial charge in [0.2, 0.25) is 0 Å². The Labute approximate surface area is 169 Å². The van der Waals surface area contributed by atoms with Crippen LogP contribution in [-0.2, 0) is 6.54 Å². The Morgan fingerprint density at radius 2 is 2.14 bits per heavy atom. The predicted molar refractivity (Wildman–Crippen MR) is 114 cm³/mol. The van der Waals surface area contributed by atoms with Crippen LogP contribution in [0.4, 0.5) is 5.69 Å². The SMILES string of the molecule is C#CCn1cc(C=NNC(=O)c2cc3cc([N+](=O)[O-])ccc3s2)c2ccccc21. The highest BCUT2D eigenvalue weighted by molar-refractivity contribution is 7.20. The number of nitro groups is 1. The molecule has 4 aromatic rings. The highest BCUT2D eigenvalue weighted by atomic mass is 32.1. The molecule has 0 saturated heterocycles. The number of amides is 1. The predicted octanol–water partition coefficient (Wildman–Crippen LogP) is 4.16. The number of carbonyl (C=O) groups excluding carboxylic acids is 1. The molecule has 0 unspecified atom stereocenters. The van der Waals surface area contributed by atoms with Gasteiger partial charge in [0.25, 0.3) is 11.6 Å². The maximum atomic E-state index is 12.4. The van der Waals surface area contributed by atoms with Crippen molar-refractivity contribution in [3.63, 3.8) is 0 Å². The molecule has 0 atom stereocenters. The van der Waals surface area contributed by atoms with Crippen LogP contribution in [0.1, 0.15) is 15.2 Å². The second kappa shape index (κ2) is 7.58. The Balaban J connectivity index is 1.55. The number of aromatic nitrogens is 1. The van der Waals surface area contributed by atoms with E-state index in [4.69, 9.17) is 6.42 Å². The van der Waals surface area contributed by atoms with Crippen LogP contribution in [0.25, 0.3) is 21.0 Å². The lowest BCUT2D eigenvalue weighted by molar-refractivity contribution is -0.384. The van der Waals surface area contributed by atoms with Gasteiger partial charge in [-0.1, -0.05) is 24.1 Å². The van der Waals surface area contributed by atoms with Crippen LogP contribution in [0.15, 0.2) is 59.8 Å². The molecule has 0 fully saturated rings. The van der Waals surface area contributed by atoms with Crippen LogP contribution in [0.3, 0.4) is 0 Å². The average Bonchev–Trinajstić information content (AvgIpc) is 3.30. The fourth-order valence-electron chi connectivity index (χ4n) is 3.08. The van der Waals surface area contributed by atoms with Gasteiger partial charge in [-0.2, -0.15) is 5.10 Å². The van der Waals surface area contributed by atoms with Gasteiger partial charge in [-0.15, -0.1) is 17.8 Å². The molecule has 8 heteroatoms. The zero-order valence-corrected chi connectivity index (χ0v) is 15.8. The number of benzene rings is 2. The Hall–Kier alpha value is -3.96. The highest BCUT2D eigenvalue weighted by Crippen LogP contribution is 2.29. The molecule has 0 radical (unpaired) electrons. The van der Waals surface area contributed by atoms with Crippen LogP contribution in [0.5, 0.6) is 0 Å². The first-order valence-electron chi connectivity index (χ1n) is 8.59. The Bertz CT molecular complexity index is 1330. The standard InChI is InChI=1S/C21H14N4O3S/c1-2-9-24-13-15(17-5-3-4-6-18(17)24)12-22-23-21(26)20-11-14-10-16(25(27)28)7-8-19(14)29-20/h1,3-8,10-13H,9H2,(H,23,26). The van der Waals surface area contributed by atoms with Gasteiger partial charge in [-0.3, -0.25) is 14.9 Å². The van der Waals surface area contributed by atoms with E-state index >= 15 is 0 Å². The molecule has 0 aliphatic heterocycles. The second-order valence-corrected chi connectivity index (χ2v) is 7.31. The van der Waals surface area contributed by atoms with E-state index in [1.54, 1.807) is 18.3 Å². The number of non-ortho nitro benzene ring substituents is 1. The maximum absolute atomic E-state index is 12.4. The van der Waals surface area contributed by atoms with Crippen molar-refractivity contribution in [3.05, 3.63) is 75.3 Å². The summed E-state index contributed by atoms with van der Waals surface area (Å²) in [4.78, 5) is 23.3. The summed E-state index contributed by atoms with van der Waals surface area (Å²) in [6.45, 7) is 0.439. The van der Waals surface area contributed by atoms with Gasteiger partial charge in [0, 0.05) is 44.9 Å². The molecule has 2 aromatic carbocycles. The summed E-state index contributed by atoms with van der Waals surface area (Å²) in [6.07, 6.45) is 8.89. The summed E-state index contributed by atoms with van der Waals surface area (Å²) in [5, 5.41) is 16.6. The van der Waals surface area contributed by atoms with E-state index < -0.39 is 4.92 Å². The van der Waals surface area contributed by atoms with Crippen molar-refractivity contribution < 1.29 is 9.72 Å². The number of hydrogen-bond donors (Lipinski definition) is 1. The minimum absolute atomic E-state index is 0.0105. The number of nitrogens with one attached hydrogen (secondary N) is 1. The number of nitro benzene ring substituents is 1. The minimum Gasteiger partial charge on any atom is -0.335 e. The smallest absolute Gasteiger partial charge is 0.281 e. The van der Waals surface area contributed by atoms with Gasteiger partial charge >= 0.3 is 0 Å². The van der Waals surface area contributed by atoms with Gasteiger partial charge in [0.05, 0.1) is 22.6 Å². The average molecular weight is 402 g/mol. The van der Waals surface area contributed by atoms with Crippen molar-refractivity contribution in [1.29, 1.82) is 0 Å². The molecule has 2 aromatic heterocycles. The van der Waals surface area contributed by atoms with Gasteiger partial charge in [0.1, 0.15) is 0 Å². The fourth-order valence-corrected chi connectivity index (χ4v) is 4.01. The van der Waals surface area contributed by atoms with Crippen molar-refractivity contribution in [2.45, 2.75) is 6.54 Å². The van der Waals surface area contributed by atoms with Crippen LogP contribution >= 0.6 is 11.3 Å². The zero-order valence-electron chi connectivity index (χ0n) is 15.0. The lowest BCUT2D eigenvalue weighted by Gasteiger charge is -1.97. The van der Waals surface area contributed by atoms with E-state index in [1.807, 2.05) is 35.0 Å².